The lowest BCUT2D eigenvalue weighted by Crippen LogP contribution is -2.26. The van der Waals surface area contributed by atoms with Gasteiger partial charge in [0.05, 0.1) is 16.9 Å². The highest BCUT2D eigenvalue weighted by Gasteiger charge is 2.13. The zero-order valence-electron chi connectivity index (χ0n) is 15.5. The standard InChI is InChI=1S/C20H23N3O2S2/c1-3-4-9-21-17(24)12-26-11-16-22-19(25)18-15(10-27-20(18)23-16)14-7-5-13(2)6-8-14/h5-8,10H,3-4,9,11-12H2,1-2H3,(H,21,24)(H,22,23,25). The van der Waals surface area contributed by atoms with Gasteiger partial charge in [-0.3, -0.25) is 9.59 Å². The summed E-state index contributed by atoms with van der Waals surface area (Å²) in [4.78, 5) is 32.6. The second-order valence-corrected chi connectivity index (χ2v) is 8.25. The number of hydrogen-bond acceptors (Lipinski definition) is 5. The summed E-state index contributed by atoms with van der Waals surface area (Å²) < 4.78 is 0. The van der Waals surface area contributed by atoms with Gasteiger partial charge in [-0.1, -0.05) is 43.2 Å². The van der Waals surface area contributed by atoms with E-state index in [1.54, 1.807) is 0 Å². The first-order valence-corrected chi connectivity index (χ1v) is 11.0. The lowest BCUT2D eigenvalue weighted by molar-refractivity contribution is -0.118. The van der Waals surface area contributed by atoms with Crippen molar-refractivity contribution in [2.45, 2.75) is 32.4 Å². The van der Waals surface area contributed by atoms with Crippen molar-refractivity contribution in [1.82, 2.24) is 15.3 Å². The van der Waals surface area contributed by atoms with Gasteiger partial charge >= 0.3 is 0 Å². The van der Waals surface area contributed by atoms with Gasteiger partial charge in [0.2, 0.25) is 5.91 Å². The van der Waals surface area contributed by atoms with Crippen molar-refractivity contribution in [2.24, 2.45) is 0 Å². The Balaban J connectivity index is 1.70. The molecule has 0 saturated carbocycles. The number of unbranched alkanes of at least 4 members (excludes halogenated alkanes) is 1. The molecule has 0 aliphatic heterocycles. The zero-order chi connectivity index (χ0) is 19.2. The van der Waals surface area contributed by atoms with Crippen molar-refractivity contribution >= 4 is 39.2 Å². The number of aromatic amines is 1. The van der Waals surface area contributed by atoms with Gasteiger partial charge < -0.3 is 10.3 Å². The highest BCUT2D eigenvalue weighted by Crippen LogP contribution is 2.31. The van der Waals surface area contributed by atoms with E-state index in [4.69, 9.17) is 0 Å². The van der Waals surface area contributed by atoms with Gasteiger partial charge in [0.25, 0.3) is 5.56 Å². The molecule has 1 amide bonds. The van der Waals surface area contributed by atoms with Crippen LogP contribution in [0.4, 0.5) is 0 Å². The van der Waals surface area contributed by atoms with Crippen molar-refractivity contribution in [3.8, 4) is 11.1 Å². The largest absolute Gasteiger partial charge is 0.355 e. The number of nitrogens with one attached hydrogen (secondary N) is 2. The van der Waals surface area contributed by atoms with Crippen LogP contribution in [-0.2, 0) is 10.5 Å². The zero-order valence-corrected chi connectivity index (χ0v) is 17.1. The minimum absolute atomic E-state index is 0.0228. The van der Waals surface area contributed by atoms with E-state index in [1.807, 2.05) is 36.6 Å². The predicted molar refractivity (Wildman–Crippen MR) is 114 cm³/mol. The summed E-state index contributed by atoms with van der Waals surface area (Å²) >= 11 is 2.93. The minimum Gasteiger partial charge on any atom is -0.355 e. The van der Waals surface area contributed by atoms with Crippen LogP contribution in [0.2, 0.25) is 0 Å². The molecule has 2 N–H and O–H groups in total. The number of H-pyrrole nitrogens is 1. The third kappa shape index (κ3) is 4.99. The molecule has 7 heteroatoms. The monoisotopic (exact) mass is 401 g/mol. The molecule has 0 radical (unpaired) electrons. The van der Waals surface area contributed by atoms with Gasteiger partial charge in [-0.05, 0) is 18.9 Å². The Hall–Kier alpha value is -2.12. The van der Waals surface area contributed by atoms with Crippen molar-refractivity contribution in [1.29, 1.82) is 0 Å². The number of aryl methyl sites for hydroxylation is 1. The molecule has 0 saturated heterocycles. The van der Waals surface area contributed by atoms with Crippen molar-refractivity contribution in [2.75, 3.05) is 12.3 Å². The molecule has 5 nitrogen and oxygen atoms in total. The van der Waals surface area contributed by atoms with Crippen LogP contribution in [0, 0.1) is 6.92 Å². The molecule has 0 fully saturated rings. The molecule has 3 aromatic rings. The Kier molecular flexibility index (Phi) is 6.68. The number of rotatable bonds is 8. The molecule has 142 valence electrons. The molecule has 2 heterocycles. The SMILES string of the molecule is CCCCNC(=O)CSCc1nc2scc(-c3ccc(C)cc3)c2c(=O)[nH]1. The lowest BCUT2D eigenvalue weighted by atomic mass is 10.1. The van der Waals surface area contributed by atoms with Crippen LogP contribution in [0.25, 0.3) is 21.3 Å². The van der Waals surface area contributed by atoms with Crippen LogP contribution < -0.4 is 10.9 Å². The molecule has 1 aromatic carbocycles. The number of carbonyl (C=O) groups excluding carboxylic acids is 1. The molecule has 0 bridgehead atoms. The maximum absolute atomic E-state index is 12.6. The normalized spacial score (nSPS) is 11.0. The summed E-state index contributed by atoms with van der Waals surface area (Å²) in [6, 6.07) is 8.13. The number of thioether (sulfide) groups is 1. The third-order valence-electron chi connectivity index (χ3n) is 4.18. The quantitative estimate of drug-likeness (QED) is 0.557. The predicted octanol–water partition coefficient (Wildman–Crippen LogP) is 4.11. The van der Waals surface area contributed by atoms with Crippen LogP contribution in [-0.4, -0.2) is 28.2 Å². The minimum atomic E-state index is -0.125. The second-order valence-electron chi connectivity index (χ2n) is 6.40. The Morgan fingerprint density at radius 1 is 1.30 bits per heavy atom. The molecule has 0 aliphatic rings. The van der Waals surface area contributed by atoms with Gasteiger partial charge in [0.1, 0.15) is 10.7 Å². The molecule has 0 aliphatic carbocycles. The molecule has 0 spiro atoms. The summed E-state index contributed by atoms with van der Waals surface area (Å²) in [5.41, 5.74) is 2.99. The van der Waals surface area contributed by atoms with Crippen LogP contribution in [0.1, 0.15) is 31.2 Å². The molecular weight excluding hydrogens is 378 g/mol. The van der Waals surface area contributed by atoms with E-state index in [2.05, 4.69) is 22.2 Å². The van der Waals surface area contributed by atoms with Gasteiger partial charge in [-0.2, -0.15) is 0 Å². The number of thiophene rings is 1. The Labute approximate surface area is 166 Å². The third-order valence-corrected chi connectivity index (χ3v) is 6.00. The van der Waals surface area contributed by atoms with E-state index >= 15 is 0 Å². The number of aromatic nitrogens is 2. The second kappa shape index (κ2) is 9.19. The van der Waals surface area contributed by atoms with E-state index in [9.17, 15) is 9.59 Å². The lowest BCUT2D eigenvalue weighted by Gasteiger charge is -2.04. The van der Waals surface area contributed by atoms with Gasteiger partial charge in [0.15, 0.2) is 0 Å². The van der Waals surface area contributed by atoms with E-state index < -0.39 is 0 Å². The molecule has 27 heavy (non-hydrogen) atoms. The molecule has 2 aromatic heterocycles. The first-order chi connectivity index (χ1) is 13.1. The highest BCUT2D eigenvalue weighted by atomic mass is 32.2. The Bertz CT molecular complexity index is 977. The average molecular weight is 402 g/mol. The van der Waals surface area contributed by atoms with E-state index in [0.29, 0.717) is 29.3 Å². The Morgan fingerprint density at radius 3 is 2.81 bits per heavy atom. The first kappa shape index (κ1) is 19.6. The Morgan fingerprint density at radius 2 is 2.07 bits per heavy atom. The van der Waals surface area contributed by atoms with Gasteiger partial charge in [0, 0.05) is 17.5 Å². The summed E-state index contributed by atoms with van der Waals surface area (Å²) in [6.07, 6.45) is 2.05. The summed E-state index contributed by atoms with van der Waals surface area (Å²) in [7, 11) is 0. The van der Waals surface area contributed by atoms with Crippen LogP contribution >= 0.6 is 23.1 Å². The maximum Gasteiger partial charge on any atom is 0.260 e. The molecule has 3 rings (SSSR count). The number of carbonyl (C=O) groups is 1. The number of nitrogens with zero attached hydrogens (tertiary/aromatic N) is 1. The fraction of sp³-hybridized carbons (Fsp3) is 0.350. The fourth-order valence-electron chi connectivity index (χ4n) is 2.70. The summed E-state index contributed by atoms with van der Waals surface area (Å²) in [6.45, 7) is 4.85. The van der Waals surface area contributed by atoms with E-state index in [0.717, 1.165) is 28.8 Å². The van der Waals surface area contributed by atoms with Crippen LogP contribution in [0.15, 0.2) is 34.4 Å². The number of amides is 1. The van der Waals surface area contributed by atoms with Crippen molar-refractivity contribution in [3.05, 3.63) is 51.4 Å². The maximum atomic E-state index is 12.6. The van der Waals surface area contributed by atoms with E-state index in [-0.39, 0.29) is 11.5 Å². The summed E-state index contributed by atoms with van der Waals surface area (Å²) in [5, 5.41) is 5.50. The van der Waals surface area contributed by atoms with Crippen molar-refractivity contribution < 1.29 is 4.79 Å². The van der Waals surface area contributed by atoms with Gasteiger partial charge in [-0.25, -0.2) is 4.98 Å². The van der Waals surface area contributed by atoms with Crippen LogP contribution in [0.5, 0.6) is 0 Å². The van der Waals surface area contributed by atoms with Gasteiger partial charge in [-0.15, -0.1) is 23.1 Å². The number of benzene rings is 1. The first-order valence-electron chi connectivity index (χ1n) is 9.00. The average Bonchev–Trinajstić information content (AvgIpc) is 3.07. The topological polar surface area (TPSA) is 74.8 Å². The molecule has 0 unspecified atom stereocenters. The number of fused-ring (bicyclic) bond motifs is 1. The smallest absolute Gasteiger partial charge is 0.260 e. The molecule has 0 atom stereocenters. The number of hydrogen-bond donors (Lipinski definition) is 2. The summed E-state index contributed by atoms with van der Waals surface area (Å²) in [5.74, 6) is 1.50. The fourth-order valence-corrected chi connectivity index (χ4v) is 4.39. The highest BCUT2D eigenvalue weighted by molar-refractivity contribution is 7.99. The molecular formula is C20H23N3O2S2. The van der Waals surface area contributed by atoms with Crippen molar-refractivity contribution in [3.63, 3.8) is 0 Å². The van der Waals surface area contributed by atoms with E-state index in [1.165, 1.54) is 28.7 Å². The van der Waals surface area contributed by atoms with Crippen LogP contribution in [0.3, 0.4) is 0 Å².